The predicted octanol–water partition coefficient (Wildman–Crippen LogP) is 5.39. The first-order chi connectivity index (χ1) is 12.9. The summed E-state index contributed by atoms with van der Waals surface area (Å²) in [6.45, 7) is 6.70. The van der Waals surface area contributed by atoms with Gasteiger partial charge in [-0.1, -0.05) is 59.1 Å². The first-order valence-corrected chi connectivity index (χ1v) is 10.2. The lowest BCUT2D eigenvalue weighted by atomic mass is 9.94. The first kappa shape index (κ1) is 20.2. The summed E-state index contributed by atoms with van der Waals surface area (Å²) < 4.78 is 0. The molecule has 5 heteroatoms. The number of hydrogen-bond acceptors (Lipinski definition) is 2. The van der Waals surface area contributed by atoms with Crippen molar-refractivity contribution >= 4 is 29.1 Å². The van der Waals surface area contributed by atoms with E-state index in [1.807, 2.05) is 19.1 Å². The molecule has 144 valence electrons. The van der Waals surface area contributed by atoms with E-state index in [0.29, 0.717) is 10.0 Å². The van der Waals surface area contributed by atoms with Gasteiger partial charge in [-0.05, 0) is 63.0 Å². The molecule has 0 aliphatic carbocycles. The van der Waals surface area contributed by atoms with Gasteiger partial charge < -0.3 is 5.32 Å². The maximum absolute atomic E-state index is 12.6. The molecule has 1 heterocycles. The third kappa shape index (κ3) is 5.47. The number of halogens is 2. The molecular formula is C22H26Cl2N2O. The number of rotatable bonds is 5. The van der Waals surface area contributed by atoms with Crippen LogP contribution in [0.15, 0.2) is 42.5 Å². The summed E-state index contributed by atoms with van der Waals surface area (Å²) in [6.07, 6.45) is 1.75. The van der Waals surface area contributed by atoms with Crippen LogP contribution in [0, 0.1) is 12.8 Å². The molecule has 1 amide bonds. The molecule has 27 heavy (non-hydrogen) atoms. The average Bonchev–Trinajstić information content (AvgIpc) is 2.65. The smallest absolute Gasteiger partial charge is 0.223 e. The van der Waals surface area contributed by atoms with Crippen molar-refractivity contribution in [3.05, 3.63) is 69.2 Å². The largest absolute Gasteiger partial charge is 0.349 e. The zero-order chi connectivity index (χ0) is 19.4. The van der Waals surface area contributed by atoms with E-state index in [0.717, 1.165) is 43.6 Å². The summed E-state index contributed by atoms with van der Waals surface area (Å²) in [5.74, 6) is 0.238. The van der Waals surface area contributed by atoms with Gasteiger partial charge in [0, 0.05) is 22.5 Å². The van der Waals surface area contributed by atoms with Crippen LogP contribution in [0.4, 0.5) is 0 Å². The van der Waals surface area contributed by atoms with E-state index in [1.54, 1.807) is 6.07 Å². The number of hydrogen-bond donors (Lipinski definition) is 1. The quantitative estimate of drug-likeness (QED) is 0.723. The van der Waals surface area contributed by atoms with Gasteiger partial charge in [0.2, 0.25) is 5.91 Å². The zero-order valence-corrected chi connectivity index (χ0v) is 17.4. The van der Waals surface area contributed by atoms with Crippen molar-refractivity contribution in [1.82, 2.24) is 10.2 Å². The van der Waals surface area contributed by atoms with Gasteiger partial charge in [-0.2, -0.15) is 0 Å². The molecule has 0 saturated carbocycles. The van der Waals surface area contributed by atoms with Gasteiger partial charge in [0.1, 0.15) is 0 Å². The fraction of sp³-hybridized carbons (Fsp3) is 0.409. The third-order valence-electron chi connectivity index (χ3n) is 5.30. The fourth-order valence-electron chi connectivity index (χ4n) is 3.51. The van der Waals surface area contributed by atoms with E-state index in [9.17, 15) is 4.79 Å². The lowest BCUT2D eigenvalue weighted by Crippen LogP contribution is -2.40. The van der Waals surface area contributed by atoms with Gasteiger partial charge in [0.05, 0.1) is 6.04 Å². The molecule has 1 N–H and O–H groups in total. The maximum atomic E-state index is 12.6. The van der Waals surface area contributed by atoms with Crippen LogP contribution >= 0.6 is 23.2 Å². The molecule has 0 unspecified atom stereocenters. The highest BCUT2D eigenvalue weighted by Crippen LogP contribution is 2.25. The second kappa shape index (κ2) is 9.09. The van der Waals surface area contributed by atoms with Gasteiger partial charge in [0.15, 0.2) is 0 Å². The monoisotopic (exact) mass is 404 g/mol. The molecule has 1 fully saturated rings. The Balaban J connectivity index is 1.49. The maximum Gasteiger partial charge on any atom is 0.223 e. The molecule has 3 nitrogen and oxygen atoms in total. The molecule has 1 atom stereocenters. The number of aryl methyl sites for hydroxylation is 1. The van der Waals surface area contributed by atoms with E-state index in [-0.39, 0.29) is 17.9 Å². The van der Waals surface area contributed by atoms with Gasteiger partial charge in [-0.3, -0.25) is 9.69 Å². The predicted molar refractivity (Wildman–Crippen MR) is 112 cm³/mol. The molecule has 0 radical (unpaired) electrons. The summed E-state index contributed by atoms with van der Waals surface area (Å²) in [5, 5.41) is 4.53. The Hall–Kier alpha value is -1.55. The van der Waals surface area contributed by atoms with Crippen LogP contribution in [0.2, 0.25) is 10.0 Å². The number of piperidine rings is 1. The SMILES string of the molecule is Cc1ccc([C@H](C)NC(=O)C2CCN(Cc3ccc(Cl)cc3Cl)CC2)cc1. The van der Waals surface area contributed by atoms with Crippen molar-refractivity contribution in [3.8, 4) is 0 Å². The Labute approximate surface area is 171 Å². The van der Waals surface area contributed by atoms with Crippen molar-refractivity contribution < 1.29 is 4.79 Å². The van der Waals surface area contributed by atoms with Gasteiger partial charge in [-0.15, -0.1) is 0 Å². The van der Waals surface area contributed by atoms with Crippen LogP contribution in [0.1, 0.15) is 42.5 Å². The van der Waals surface area contributed by atoms with Crippen molar-refractivity contribution in [2.45, 2.75) is 39.3 Å². The first-order valence-electron chi connectivity index (χ1n) is 9.45. The van der Waals surface area contributed by atoms with Crippen LogP contribution in [-0.2, 0) is 11.3 Å². The zero-order valence-electron chi connectivity index (χ0n) is 15.8. The Morgan fingerprint density at radius 1 is 1.15 bits per heavy atom. The topological polar surface area (TPSA) is 32.3 Å². The van der Waals surface area contributed by atoms with E-state index in [2.05, 4.69) is 41.4 Å². The van der Waals surface area contributed by atoms with E-state index < -0.39 is 0 Å². The number of benzene rings is 2. The molecule has 2 aromatic carbocycles. The minimum atomic E-state index is 0.0315. The Kier molecular flexibility index (Phi) is 6.80. The number of carbonyl (C=O) groups is 1. The second-order valence-corrected chi connectivity index (χ2v) is 8.27. The van der Waals surface area contributed by atoms with Crippen molar-refractivity contribution in [2.75, 3.05) is 13.1 Å². The van der Waals surface area contributed by atoms with Crippen molar-refractivity contribution in [2.24, 2.45) is 5.92 Å². The van der Waals surface area contributed by atoms with Crippen LogP contribution in [-0.4, -0.2) is 23.9 Å². The molecule has 0 bridgehead atoms. The van der Waals surface area contributed by atoms with E-state index >= 15 is 0 Å². The molecule has 0 spiro atoms. The molecule has 1 saturated heterocycles. The van der Waals surface area contributed by atoms with Gasteiger partial charge in [-0.25, -0.2) is 0 Å². The van der Waals surface area contributed by atoms with Gasteiger partial charge >= 0.3 is 0 Å². The number of carbonyl (C=O) groups excluding carboxylic acids is 1. The summed E-state index contributed by atoms with van der Waals surface area (Å²) >= 11 is 12.2. The molecule has 1 aliphatic rings. The standard InChI is InChI=1S/C22H26Cl2N2O/c1-15-3-5-17(6-4-15)16(2)25-22(27)18-9-11-26(12-10-18)14-19-7-8-20(23)13-21(19)24/h3-8,13,16,18H,9-12,14H2,1-2H3,(H,25,27)/t16-/m0/s1. The van der Waals surface area contributed by atoms with Crippen LogP contribution in [0.25, 0.3) is 0 Å². The van der Waals surface area contributed by atoms with Crippen LogP contribution in [0.3, 0.4) is 0 Å². The number of nitrogens with zero attached hydrogens (tertiary/aromatic N) is 1. The minimum absolute atomic E-state index is 0.0315. The summed E-state index contributed by atoms with van der Waals surface area (Å²) in [5.41, 5.74) is 3.45. The molecule has 1 aliphatic heterocycles. The summed E-state index contributed by atoms with van der Waals surface area (Å²) in [7, 11) is 0. The summed E-state index contributed by atoms with van der Waals surface area (Å²) in [6, 6.07) is 14.0. The molecule has 0 aromatic heterocycles. The number of likely N-dealkylation sites (tertiary alicyclic amines) is 1. The Morgan fingerprint density at radius 2 is 1.81 bits per heavy atom. The van der Waals surface area contributed by atoms with Crippen molar-refractivity contribution in [1.29, 1.82) is 0 Å². The van der Waals surface area contributed by atoms with E-state index in [4.69, 9.17) is 23.2 Å². The molecular weight excluding hydrogens is 379 g/mol. The summed E-state index contributed by atoms with van der Waals surface area (Å²) in [4.78, 5) is 15.0. The second-order valence-electron chi connectivity index (χ2n) is 7.43. The average molecular weight is 405 g/mol. The number of amides is 1. The van der Waals surface area contributed by atoms with Crippen LogP contribution in [0.5, 0.6) is 0 Å². The normalized spacial score (nSPS) is 16.9. The highest BCUT2D eigenvalue weighted by molar-refractivity contribution is 6.35. The minimum Gasteiger partial charge on any atom is -0.349 e. The number of nitrogens with one attached hydrogen (secondary N) is 1. The van der Waals surface area contributed by atoms with Crippen LogP contribution < -0.4 is 5.32 Å². The highest BCUT2D eigenvalue weighted by atomic mass is 35.5. The lowest BCUT2D eigenvalue weighted by molar-refractivity contribution is -0.127. The van der Waals surface area contributed by atoms with Crippen molar-refractivity contribution in [3.63, 3.8) is 0 Å². The Bertz CT molecular complexity index is 783. The fourth-order valence-corrected chi connectivity index (χ4v) is 3.98. The Morgan fingerprint density at radius 3 is 2.44 bits per heavy atom. The molecule has 2 aromatic rings. The highest BCUT2D eigenvalue weighted by Gasteiger charge is 2.26. The van der Waals surface area contributed by atoms with Gasteiger partial charge in [0.25, 0.3) is 0 Å². The van der Waals surface area contributed by atoms with E-state index in [1.165, 1.54) is 5.56 Å². The third-order valence-corrected chi connectivity index (χ3v) is 5.89. The lowest BCUT2D eigenvalue weighted by Gasteiger charge is -2.32. The molecule has 3 rings (SSSR count).